The second kappa shape index (κ2) is 9.59. The Balaban J connectivity index is 1.30. The van der Waals surface area contributed by atoms with Crippen molar-refractivity contribution < 1.29 is 9.59 Å². The topological polar surface area (TPSA) is 49.4 Å². The van der Waals surface area contributed by atoms with Crippen LogP contribution in [0, 0.1) is 11.8 Å². The highest BCUT2D eigenvalue weighted by Crippen LogP contribution is 2.35. The lowest BCUT2D eigenvalue weighted by atomic mass is 9.78. The third-order valence-corrected chi connectivity index (χ3v) is 6.71. The van der Waals surface area contributed by atoms with Crippen LogP contribution in [0.3, 0.4) is 0 Å². The van der Waals surface area contributed by atoms with Gasteiger partial charge in [0.1, 0.15) is 0 Å². The molecule has 0 radical (unpaired) electrons. The van der Waals surface area contributed by atoms with E-state index in [1.807, 2.05) is 0 Å². The van der Waals surface area contributed by atoms with Crippen molar-refractivity contribution in [3.63, 3.8) is 0 Å². The summed E-state index contributed by atoms with van der Waals surface area (Å²) in [5, 5.41) is 3.01. The van der Waals surface area contributed by atoms with Gasteiger partial charge in [0.2, 0.25) is 11.8 Å². The molecule has 1 aliphatic heterocycles. The van der Waals surface area contributed by atoms with Crippen molar-refractivity contribution in [2.75, 3.05) is 13.1 Å². The van der Waals surface area contributed by atoms with E-state index in [1.165, 1.54) is 64.2 Å². The van der Waals surface area contributed by atoms with E-state index in [-0.39, 0.29) is 5.91 Å². The molecular formula is C21H36N2O2. The average Bonchev–Trinajstić information content (AvgIpc) is 3.16. The van der Waals surface area contributed by atoms with Gasteiger partial charge < -0.3 is 10.2 Å². The lowest BCUT2D eigenvalue weighted by Crippen LogP contribution is -2.49. The Morgan fingerprint density at radius 2 is 1.60 bits per heavy atom. The number of carbonyl (C=O) groups is 2. The van der Waals surface area contributed by atoms with Crippen LogP contribution < -0.4 is 5.32 Å². The molecule has 142 valence electrons. The van der Waals surface area contributed by atoms with Crippen LogP contribution in [0.25, 0.3) is 0 Å². The van der Waals surface area contributed by atoms with Gasteiger partial charge in [0.15, 0.2) is 0 Å². The fourth-order valence-corrected chi connectivity index (χ4v) is 5.27. The predicted octanol–water partition coefficient (Wildman–Crippen LogP) is 4.03. The predicted molar refractivity (Wildman–Crippen MR) is 100 cm³/mol. The molecule has 1 N–H and O–H groups in total. The van der Waals surface area contributed by atoms with Crippen LogP contribution in [0.15, 0.2) is 0 Å². The third-order valence-electron chi connectivity index (χ3n) is 6.71. The van der Waals surface area contributed by atoms with Crippen LogP contribution in [0.2, 0.25) is 0 Å². The van der Waals surface area contributed by atoms with Gasteiger partial charge in [0.05, 0.1) is 0 Å². The molecule has 2 aliphatic carbocycles. The minimum atomic E-state index is 0.171. The third kappa shape index (κ3) is 5.46. The first-order valence-electron chi connectivity index (χ1n) is 10.8. The lowest BCUT2D eigenvalue weighted by Gasteiger charge is -2.44. The zero-order valence-corrected chi connectivity index (χ0v) is 15.8. The smallest absolute Gasteiger partial charge is 0.222 e. The van der Waals surface area contributed by atoms with E-state index in [1.54, 1.807) is 0 Å². The number of fused-ring (bicyclic) bond motifs is 1. The van der Waals surface area contributed by atoms with Crippen molar-refractivity contribution in [2.24, 2.45) is 11.8 Å². The molecule has 0 spiro atoms. The quantitative estimate of drug-likeness (QED) is 0.706. The Morgan fingerprint density at radius 1 is 0.880 bits per heavy atom. The van der Waals surface area contributed by atoms with Gasteiger partial charge in [-0.1, -0.05) is 38.5 Å². The first kappa shape index (κ1) is 18.7. The fourth-order valence-electron chi connectivity index (χ4n) is 5.27. The maximum Gasteiger partial charge on any atom is 0.222 e. The van der Waals surface area contributed by atoms with Crippen molar-refractivity contribution in [3.8, 4) is 0 Å². The number of carbonyl (C=O) groups excluding carboxylic acids is 2. The van der Waals surface area contributed by atoms with Gasteiger partial charge in [-0.15, -0.1) is 0 Å². The van der Waals surface area contributed by atoms with Crippen molar-refractivity contribution in [2.45, 2.75) is 95.9 Å². The van der Waals surface area contributed by atoms with Gasteiger partial charge in [0, 0.05) is 32.0 Å². The normalized spacial score (nSPS) is 27.1. The number of amides is 2. The number of rotatable bonds is 7. The molecule has 3 aliphatic rings. The Hall–Kier alpha value is -1.06. The van der Waals surface area contributed by atoms with Gasteiger partial charge in [-0.25, -0.2) is 0 Å². The molecule has 0 aromatic heterocycles. The average molecular weight is 349 g/mol. The summed E-state index contributed by atoms with van der Waals surface area (Å²) < 4.78 is 0. The van der Waals surface area contributed by atoms with Crippen LogP contribution in [-0.2, 0) is 9.59 Å². The molecule has 25 heavy (non-hydrogen) atoms. The minimum absolute atomic E-state index is 0.171. The van der Waals surface area contributed by atoms with E-state index < -0.39 is 0 Å². The van der Waals surface area contributed by atoms with E-state index in [9.17, 15) is 9.59 Å². The van der Waals surface area contributed by atoms with Gasteiger partial charge in [-0.3, -0.25) is 9.59 Å². The van der Waals surface area contributed by atoms with Crippen molar-refractivity contribution in [3.05, 3.63) is 0 Å². The van der Waals surface area contributed by atoms with Crippen molar-refractivity contribution in [1.82, 2.24) is 10.2 Å². The van der Waals surface area contributed by atoms with E-state index >= 15 is 0 Å². The van der Waals surface area contributed by atoms with Crippen LogP contribution >= 0.6 is 0 Å². The molecule has 2 saturated carbocycles. The second-order valence-electron chi connectivity index (χ2n) is 8.48. The summed E-state index contributed by atoms with van der Waals surface area (Å²) in [6.07, 6.45) is 16.0. The van der Waals surface area contributed by atoms with Gasteiger partial charge in [-0.2, -0.15) is 0 Å². The van der Waals surface area contributed by atoms with Gasteiger partial charge >= 0.3 is 0 Å². The summed E-state index contributed by atoms with van der Waals surface area (Å²) in [6.45, 7) is 1.60. The molecule has 4 nitrogen and oxygen atoms in total. The van der Waals surface area contributed by atoms with E-state index in [4.69, 9.17) is 0 Å². The molecule has 2 unspecified atom stereocenters. The summed E-state index contributed by atoms with van der Waals surface area (Å²) in [4.78, 5) is 26.7. The highest BCUT2D eigenvalue weighted by molar-refractivity contribution is 5.77. The standard InChI is InChI=1S/C21H36N2O2/c24-20(14-13-17-7-1-2-8-17)22-15-5-12-21(25)23-16-6-10-18-9-3-4-11-19(18)23/h17-19H,1-16H2,(H,22,24). The first-order chi connectivity index (χ1) is 12.2. The molecule has 2 atom stereocenters. The largest absolute Gasteiger partial charge is 0.356 e. The Kier molecular flexibility index (Phi) is 7.18. The van der Waals surface area contributed by atoms with Gasteiger partial charge in [-0.05, 0) is 50.4 Å². The Bertz CT molecular complexity index is 443. The van der Waals surface area contributed by atoms with Crippen LogP contribution in [-0.4, -0.2) is 35.8 Å². The SMILES string of the molecule is O=C(CCC1CCCC1)NCCCC(=O)N1CCCC2CCCCC21. The van der Waals surface area contributed by atoms with E-state index in [0.717, 1.165) is 31.2 Å². The summed E-state index contributed by atoms with van der Waals surface area (Å²) in [5.74, 6) is 2.01. The van der Waals surface area contributed by atoms with Crippen LogP contribution in [0.5, 0.6) is 0 Å². The van der Waals surface area contributed by atoms with Gasteiger partial charge in [0.25, 0.3) is 0 Å². The molecule has 0 bridgehead atoms. The number of hydrogen-bond donors (Lipinski definition) is 1. The molecule has 0 aromatic rings. The highest BCUT2D eigenvalue weighted by Gasteiger charge is 2.35. The first-order valence-corrected chi connectivity index (χ1v) is 10.8. The number of likely N-dealkylation sites (tertiary alicyclic amines) is 1. The van der Waals surface area contributed by atoms with Crippen LogP contribution in [0.1, 0.15) is 89.9 Å². The fraction of sp³-hybridized carbons (Fsp3) is 0.905. The molecule has 2 amide bonds. The maximum atomic E-state index is 12.6. The highest BCUT2D eigenvalue weighted by atomic mass is 16.2. The molecule has 4 heteroatoms. The number of nitrogens with zero attached hydrogens (tertiary/aromatic N) is 1. The second-order valence-corrected chi connectivity index (χ2v) is 8.48. The summed E-state index contributed by atoms with van der Waals surface area (Å²) in [6, 6.07) is 0.510. The zero-order valence-electron chi connectivity index (χ0n) is 15.8. The maximum absolute atomic E-state index is 12.6. The van der Waals surface area contributed by atoms with Crippen molar-refractivity contribution in [1.29, 1.82) is 0 Å². The molecular weight excluding hydrogens is 312 g/mol. The number of nitrogens with one attached hydrogen (secondary N) is 1. The molecule has 3 rings (SSSR count). The number of hydrogen-bond acceptors (Lipinski definition) is 2. The molecule has 3 fully saturated rings. The van der Waals surface area contributed by atoms with Crippen molar-refractivity contribution >= 4 is 11.8 Å². The Labute approximate surface area is 153 Å². The number of piperidine rings is 1. The zero-order chi connectivity index (χ0) is 17.5. The lowest BCUT2D eigenvalue weighted by molar-refractivity contribution is -0.137. The summed E-state index contributed by atoms with van der Waals surface area (Å²) in [7, 11) is 0. The molecule has 0 aromatic carbocycles. The minimum Gasteiger partial charge on any atom is -0.356 e. The summed E-state index contributed by atoms with van der Waals surface area (Å²) >= 11 is 0. The molecule has 1 heterocycles. The van der Waals surface area contributed by atoms with E-state index in [0.29, 0.717) is 31.3 Å². The Morgan fingerprint density at radius 3 is 2.44 bits per heavy atom. The summed E-state index contributed by atoms with van der Waals surface area (Å²) in [5.41, 5.74) is 0. The molecule has 1 saturated heterocycles. The van der Waals surface area contributed by atoms with Crippen LogP contribution in [0.4, 0.5) is 0 Å². The monoisotopic (exact) mass is 348 g/mol. The van der Waals surface area contributed by atoms with E-state index in [2.05, 4.69) is 10.2 Å².